The molecule has 0 saturated heterocycles. The Morgan fingerprint density at radius 1 is 0.857 bits per heavy atom. The molecule has 0 fully saturated rings. The van der Waals surface area contributed by atoms with Crippen LogP contribution >= 0.6 is 0 Å². The van der Waals surface area contributed by atoms with E-state index < -0.39 is 0 Å². The summed E-state index contributed by atoms with van der Waals surface area (Å²) >= 11 is 0. The lowest BCUT2D eigenvalue weighted by Gasteiger charge is -2.09. The molecule has 0 atom stereocenters. The van der Waals surface area contributed by atoms with Crippen LogP contribution in [0.2, 0.25) is 0 Å². The van der Waals surface area contributed by atoms with Crippen molar-refractivity contribution in [3.8, 4) is 0 Å². The third kappa shape index (κ3) is 4.62. The van der Waals surface area contributed by atoms with Gasteiger partial charge in [-0.25, -0.2) is 0 Å². The van der Waals surface area contributed by atoms with E-state index in [2.05, 4.69) is 10.6 Å². The van der Waals surface area contributed by atoms with Gasteiger partial charge < -0.3 is 10.6 Å². The van der Waals surface area contributed by atoms with Crippen LogP contribution in [0.5, 0.6) is 0 Å². The van der Waals surface area contributed by atoms with Crippen LogP contribution in [0.1, 0.15) is 12.5 Å². The summed E-state index contributed by atoms with van der Waals surface area (Å²) in [6.07, 6.45) is 3.19. The topological polar surface area (TPSA) is 58.2 Å². The van der Waals surface area contributed by atoms with E-state index in [1.165, 1.54) is 13.0 Å². The number of rotatable bonds is 4. The molecule has 0 aliphatic rings. The fourth-order valence-corrected chi connectivity index (χ4v) is 1.80. The molecule has 2 aromatic carbocycles. The molecule has 0 radical (unpaired) electrons. The van der Waals surface area contributed by atoms with E-state index in [9.17, 15) is 9.59 Å². The van der Waals surface area contributed by atoms with E-state index in [1.807, 2.05) is 30.3 Å². The second-order valence-electron chi connectivity index (χ2n) is 4.46. The van der Waals surface area contributed by atoms with Crippen molar-refractivity contribution in [3.05, 3.63) is 66.2 Å². The molecule has 4 nitrogen and oxygen atoms in total. The van der Waals surface area contributed by atoms with Crippen molar-refractivity contribution in [1.29, 1.82) is 0 Å². The van der Waals surface area contributed by atoms with Gasteiger partial charge in [0.25, 0.3) is 0 Å². The number of benzene rings is 2. The molecular formula is C17H16N2O2. The van der Waals surface area contributed by atoms with E-state index in [4.69, 9.17) is 0 Å². The fraction of sp³-hybridized carbons (Fsp3) is 0.0588. The van der Waals surface area contributed by atoms with E-state index >= 15 is 0 Å². The summed E-state index contributed by atoms with van der Waals surface area (Å²) in [5, 5.41) is 5.42. The van der Waals surface area contributed by atoms with Crippen LogP contribution in [0.4, 0.5) is 11.4 Å². The normalized spacial score (nSPS) is 10.3. The van der Waals surface area contributed by atoms with Crippen molar-refractivity contribution in [2.24, 2.45) is 0 Å². The van der Waals surface area contributed by atoms with Gasteiger partial charge in [-0.05, 0) is 23.8 Å². The molecule has 0 bridgehead atoms. The SMILES string of the molecule is CC(=O)Nc1ccccc1NC(=O)/C=C/c1ccccc1. The van der Waals surface area contributed by atoms with Crippen LogP contribution in [0.15, 0.2) is 60.7 Å². The molecule has 0 aliphatic heterocycles. The minimum atomic E-state index is -0.253. The predicted molar refractivity (Wildman–Crippen MR) is 84.9 cm³/mol. The highest BCUT2D eigenvalue weighted by atomic mass is 16.2. The smallest absolute Gasteiger partial charge is 0.248 e. The number of carbonyl (C=O) groups excluding carboxylic acids is 2. The number of anilines is 2. The zero-order chi connectivity index (χ0) is 15.1. The molecule has 0 aromatic heterocycles. The van der Waals surface area contributed by atoms with Crippen LogP contribution in [0.25, 0.3) is 6.08 Å². The highest BCUT2D eigenvalue weighted by Gasteiger charge is 2.05. The summed E-state index contributed by atoms with van der Waals surface area (Å²) in [5.41, 5.74) is 2.09. The van der Waals surface area contributed by atoms with Gasteiger partial charge in [0.2, 0.25) is 11.8 Å². The van der Waals surface area contributed by atoms with E-state index in [0.717, 1.165) is 5.56 Å². The Balaban J connectivity index is 2.06. The van der Waals surface area contributed by atoms with Crippen molar-refractivity contribution >= 4 is 29.3 Å². The number of nitrogens with one attached hydrogen (secondary N) is 2. The van der Waals surface area contributed by atoms with Crippen molar-refractivity contribution in [2.45, 2.75) is 6.92 Å². The van der Waals surface area contributed by atoms with E-state index in [0.29, 0.717) is 11.4 Å². The molecule has 0 heterocycles. The Labute approximate surface area is 123 Å². The zero-order valence-corrected chi connectivity index (χ0v) is 11.7. The summed E-state index contributed by atoms with van der Waals surface area (Å²) in [6.45, 7) is 1.42. The van der Waals surface area contributed by atoms with E-state index in [1.54, 1.807) is 30.3 Å². The highest BCUT2D eigenvalue weighted by molar-refractivity contribution is 6.05. The highest BCUT2D eigenvalue weighted by Crippen LogP contribution is 2.20. The molecule has 2 amide bonds. The van der Waals surface area contributed by atoms with Crippen LogP contribution in [0, 0.1) is 0 Å². The van der Waals surface area contributed by atoms with Crippen LogP contribution < -0.4 is 10.6 Å². The minimum absolute atomic E-state index is 0.184. The standard InChI is InChI=1S/C17H16N2O2/c1-13(20)18-15-9-5-6-10-16(15)19-17(21)12-11-14-7-3-2-4-8-14/h2-12H,1H3,(H,18,20)(H,19,21)/b12-11+. The first-order chi connectivity index (χ1) is 10.1. The summed E-state index contributed by atoms with van der Waals surface area (Å²) in [5.74, 6) is -0.437. The molecule has 0 saturated carbocycles. The first-order valence-corrected chi connectivity index (χ1v) is 6.56. The zero-order valence-electron chi connectivity index (χ0n) is 11.7. The van der Waals surface area contributed by atoms with Gasteiger partial charge in [0.1, 0.15) is 0 Å². The van der Waals surface area contributed by atoms with Gasteiger partial charge in [-0.1, -0.05) is 42.5 Å². The third-order valence-electron chi connectivity index (χ3n) is 2.72. The number of amides is 2. The average molecular weight is 280 g/mol. The molecular weight excluding hydrogens is 264 g/mol. The Morgan fingerprint density at radius 2 is 1.43 bits per heavy atom. The molecule has 2 N–H and O–H groups in total. The fourth-order valence-electron chi connectivity index (χ4n) is 1.80. The summed E-state index contributed by atoms with van der Waals surface area (Å²) < 4.78 is 0. The Kier molecular flexibility index (Phi) is 4.88. The Morgan fingerprint density at radius 3 is 2.05 bits per heavy atom. The van der Waals surface area contributed by atoms with Gasteiger partial charge in [-0.2, -0.15) is 0 Å². The maximum Gasteiger partial charge on any atom is 0.248 e. The van der Waals surface area contributed by atoms with Crippen molar-refractivity contribution < 1.29 is 9.59 Å². The lowest BCUT2D eigenvalue weighted by molar-refractivity contribution is -0.114. The van der Waals surface area contributed by atoms with Gasteiger partial charge in [-0.15, -0.1) is 0 Å². The van der Waals surface area contributed by atoms with Gasteiger partial charge in [0, 0.05) is 13.0 Å². The summed E-state index contributed by atoms with van der Waals surface area (Å²) in [4.78, 5) is 23.0. The molecule has 2 rings (SSSR count). The van der Waals surface area contributed by atoms with Crippen molar-refractivity contribution in [2.75, 3.05) is 10.6 Å². The van der Waals surface area contributed by atoms with Crippen LogP contribution in [-0.4, -0.2) is 11.8 Å². The Bertz CT molecular complexity index is 664. The van der Waals surface area contributed by atoms with Crippen LogP contribution in [0.3, 0.4) is 0 Å². The maximum atomic E-state index is 11.9. The Hall–Kier alpha value is -2.88. The predicted octanol–water partition coefficient (Wildman–Crippen LogP) is 3.30. The lowest BCUT2D eigenvalue weighted by Crippen LogP contribution is -2.12. The first-order valence-electron chi connectivity index (χ1n) is 6.56. The molecule has 0 aliphatic carbocycles. The van der Waals surface area contributed by atoms with Gasteiger partial charge in [0.05, 0.1) is 11.4 Å². The molecule has 4 heteroatoms. The summed E-state index contributed by atoms with van der Waals surface area (Å²) in [7, 11) is 0. The molecule has 0 spiro atoms. The molecule has 2 aromatic rings. The lowest BCUT2D eigenvalue weighted by atomic mass is 10.2. The molecule has 106 valence electrons. The first kappa shape index (κ1) is 14.5. The van der Waals surface area contributed by atoms with Gasteiger partial charge in [0.15, 0.2) is 0 Å². The second kappa shape index (κ2) is 7.05. The van der Waals surface area contributed by atoms with E-state index in [-0.39, 0.29) is 11.8 Å². The number of hydrogen-bond donors (Lipinski definition) is 2. The number of hydrogen-bond acceptors (Lipinski definition) is 2. The van der Waals surface area contributed by atoms with Crippen molar-refractivity contribution in [1.82, 2.24) is 0 Å². The van der Waals surface area contributed by atoms with Gasteiger partial charge in [-0.3, -0.25) is 9.59 Å². The number of carbonyl (C=O) groups is 2. The summed E-state index contributed by atoms with van der Waals surface area (Å²) in [6, 6.07) is 16.6. The van der Waals surface area contributed by atoms with Gasteiger partial charge >= 0.3 is 0 Å². The second-order valence-corrected chi connectivity index (χ2v) is 4.46. The monoisotopic (exact) mass is 280 g/mol. The quantitative estimate of drug-likeness (QED) is 0.844. The largest absolute Gasteiger partial charge is 0.325 e. The average Bonchev–Trinajstić information content (AvgIpc) is 2.48. The third-order valence-corrected chi connectivity index (χ3v) is 2.72. The maximum absolute atomic E-state index is 11.9. The minimum Gasteiger partial charge on any atom is -0.325 e. The number of para-hydroxylation sites is 2. The van der Waals surface area contributed by atoms with Crippen molar-refractivity contribution in [3.63, 3.8) is 0 Å². The molecule has 0 unspecified atom stereocenters. The molecule has 21 heavy (non-hydrogen) atoms. The van der Waals surface area contributed by atoms with Crippen LogP contribution in [-0.2, 0) is 9.59 Å².